The zero-order valence-electron chi connectivity index (χ0n) is 10.5. The van der Waals surface area contributed by atoms with Crippen LogP contribution in [0.1, 0.15) is 5.56 Å². The molecule has 0 aliphatic carbocycles. The van der Waals surface area contributed by atoms with Crippen molar-refractivity contribution in [3.05, 3.63) is 40.6 Å². The van der Waals surface area contributed by atoms with Crippen LogP contribution < -0.4 is 5.11 Å². The molecular formula is C13H9FNO4S2-. The van der Waals surface area contributed by atoms with Gasteiger partial charge in [0.25, 0.3) is 5.91 Å². The van der Waals surface area contributed by atoms with E-state index in [2.05, 4.69) is 0 Å². The summed E-state index contributed by atoms with van der Waals surface area (Å²) in [5.41, 5.74) is 0.575. The van der Waals surface area contributed by atoms with E-state index in [9.17, 15) is 19.1 Å². The first-order chi connectivity index (χ1) is 9.93. The van der Waals surface area contributed by atoms with Crippen molar-refractivity contribution >= 4 is 46.3 Å². The molecule has 1 N–H and O–H groups in total. The fourth-order valence-corrected chi connectivity index (χ4v) is 3.08. The molecule has 1 aromatic rings. The van der Waals surface area contributed by atoms with Crippen LogP contribution in [-0.4, -0.2) is 38.9 Å². The molecule has 1 saturated heterocycles. The third kappa shape index (κ3) is 3.29. The number of amides is 1. The summed E-state index contributed by atoms with van der Waals surface area (Å²) in [6.45, 7) is -0.793. The van der Waals surface area contributed by atoms with Gasteiger partial charge in [-0.3, -0.25) is 9.69 Å². The first-order valence-corrected chi connectivity index (χ1v) is 7.01. The number of rotatable bonds is 4. The van der Waals surface area contributed by atoms with Gasteiger partial charge in [-0.25, -0.2) is 4.39 Å². The monoisotopic (exact) mass is 326 g/mol. The summed E-state index contributed by atoms with van der Waals surface area (Å²) in [6, 6.07) is 3.92. The van der Waals surface area contributed by atoms with Crippen molar-refractivity contribution in [1.29, 1.82) is 0 Å². The summed E-state index contributed by atoms with van der Waals surface area (Å²) in [4.78, 5) is 24.1. The highest BCUT2D eigenvalue weighted by molar-refractivity contribution is 8.26. The first kappa shape index (κ1) is 15.6. The Labute approximate surface area is 129 Å². The normalized spacial score (nSPS) is 18.4. The van der Waals surface area contributed by atoms with Crippen molar-refractivity contribution < 1.29 is 24.2 Å². The van der Waals surface area contributed by atoms with E-state index in [1.807, 2.05) is 0 Å². The van der Waals surface area contributed by atoms with E-state index in [1.165, 1.54) is 30.3 Å². The molecule has 0 spiro atoms. The van der Waals surface area contributed by atoms with Crippen molar-refractivity contribution in [1.82, 2.24) is 4.90 Å². The predicted octanol–water partition coefficient (Wildman–Crippen LogP) is 0.138. The van der Waals surface area contributed by atoms with Crippen molar-refractivity contribution in [2.75, 3.05) is 6.61 Å². The van der Waals surface area contributed by atoms with Gasteiger partial charge in [-0.15, -0.1) is 0 Å². The quantitative estimate of drug-likeness (QED) is 0.626. The molecule has 110 valence electrons. The van der Waals surface area contributed by atoms with Gasteiger partial charge in [-0.2, -0.15) is 0 Å². The van der Waals surface area contributed by atoms with Crippen molar-refractivity contribution in [2.24, 2.45) is 0 Å². The lowest BCUT2D eigenvalue weighted by molar-refractivity contribution is -0.311. The summed E-state index contributed by atoms with van der Waals surface area (Å²) in [5, 5.41) is 20.0. The number of hydrogen-bond acceptors (Lipinski definition) is 6. The second-order valence-electron chi connectivity index (χ2n) is 4.12. The molecular weight excluding hydrogens is 317 g/mol. The molecule has 1 heterocycles. The fraction of sp³-hybridized carbons (Fsp3) is 0.154. The number of thioether (sulfide) groups is 1. The topological polar surface area (TPSA) is 80.7 Å². The van der Waals surface area contributed by atoms with Gasteiger partial charge in [-0.05, 0) is 23.8 Å². The lowest BCUT2D eigenvalue weighted by Crippen LogP contribution is -2.51. The minimum absolute atomic E-state index is 0.0246. The predicted molar refractivity (Wildman–Crippen MR) is 77.3 cm³/mol. The van der Waals surface area contributed by atoms with E-state index in [0.29, 0.717) is 5.56 Å². The maximum absolute atomic E-state index is 12.8. The van der Waals surface area contributed by atoms with Crippen LogP contribution in [0.5, 0.6) is 0 Å². The van der Waals surface area contributed by atoms with E-state index in [1.54, 1.807) is 0 Å². The van der Waals surface area contributed by atoms with Crippen LogP contribution in [0.3, 0.4) is 0 Å². The minimum atomic E-state index is -1.59. The van der Waals surface area contributed by atoms with Crippen molar-refractivity contribution in [3.63, 3.8) is 0 Å². The number of benzene rings is 1. The van der Waals surface area contributed by atoms with Gasteiger partial charge in [0, 0.05) is 0 Å². The van der Waals surface area contributed by atoms with Crippen LogP contribution in [0.15, 0.2) is 29.2 Å². The SMILES string of the molecule is O=C([O-])[C@H](CO)N1C(=O)/C(=C/c2ccc(F)cc2)SC1=S. The number of aliphatic carboxylic acids is 1. The number of carboxylic acid groups (broad SMARTS) is 1. The third-order valence-electron chi connectivity index (χ3n) is 2.75. The second-order valence-corrected chi connectivity index (χ2v) is 5.80. The Bertz CT molecular complexity index is 630. The number of aliphatic hydroxyl groups is 1. The average molecular weight is 326 g/mol. The van der Waals surface area contributed by atoms with Crippen LogP contribution >= 0.6 is 24.0 Å². The highest BCUT2D eigenvalue weighted by atomic mass is 32.2. The van der Waals surface area contributed by atoms with E-state index < -0.39 is 30.3 Å². The molecule has 2 rings (SSSR count). The number of hydrogen-bond donors (Lipinski definition) is 1. The molecule has 1 atom stereocenters. The molecule has 8 heteroatoms. The van der Waals surface area contributed by atoms with E-state index in [4.69, 9.17) is 17.3 Å². The Hall–Kier alpha value is -1.77. The molecule has 21 heavy (non-hydrogen) atoms. The summed E-state index contributed by atoms with van der Waals surface area (Å²) < 4.78 is 12.8. The van der Waals surface area contributed by atoms with E-state index >= 15 is 0 Å². The highest BCUT2D eigenvalue weighted by Gasteiger charge is 2.37. The molecule has 0 radical (unpaired) electrons. The number of carbonyl (C=O) groups is 2. The van der Waals surface area contributed by atoms with Gasteiger partial charge >= 0.3 is 0 Å². The van der Waals surface area contributed by atoms with Crippen molar-refractivity contribution in [3.8, 4) is 0 Å². The summed E-state index contributed by atoms with van der Waals surface area (Å²) in [7, 11) is 0. The van der Waals surface area contributed by atoms with Crippen LogP contribution in [0, 0.1) is 5.82 Å². The largest absolute Gasteiger partial charge is 0.548 e. The molecule has 0 saturated carbocycles. The molecule has 0 bridgehead atoms. The number of aliphatic hydroxyl groups excluding tert-OH is 1. The summed E-state index contributed by atoms with van der Waals surface area (Å²) in [6.07, 6.45) is 1.47. The Morgan fingerprint density at radius 3 is 2.62 bits per heavy atom. The molecule has 1 aliphatic rings. The second kappa shape index (κ2) is 6.33. The molecule has 0 aromatic heterocycles. The number of carbonyl (C=O) groups excluding carboxylic acids is 2. The van der Waals surface area contributed by atoms with E-state index in [-0.39, 0.29) is 9.23 Å². The highest BCUT2D eigenvalue weighted by Crippen LogP contribution is 2.33. The first-order valence-electron chi connectivity index (χ1n) is 5.78. The van der Waals surface area contributed by atoms with Crippen LogP contribution in [-0.2, 0) is 9.59 Å². The fourth-order valence-electron chi connectivity index (χ4n) is 1.72. The smallest absolute Gasteiger partial charge is 0.266 e. The maximum Gasteiger partial charge on any atom is 0.266 e. The molecule has 1 aliphatic heterocycles. The zero-order valence-corrected chi connectivity index (χ0v) is 12.1. The van der Waals surface area contributed by atoms with E-state index in [0.717, 1.165) is 16.7 Å². The van der Waals surface area contributed by atoms with Gasteiger partial charge in [0.1, 0.15) is 16.2 Å². The standard InChI is InChI=1S/C13H10FNO4S2/c14-8-3-1-7(2-4-8)5-10-11(17)15(13(20)21-10)9(6-16)12(18)19/h1-5,9,16H,6H2,(H,18,19)/p-1/b10-5-/t9-/m0/s1. The van der Waals surface area contributed by atoms with Crippen LogP contribution in [0.4, 0.5) is 4.39 Å². The van der Waals surface area contributed by atoms with Crippen LogP contribution in [0.25, 0.3) is 6.08 Å². The number of halogens is 1. The van der Waals surface area contributed by atoms with Crippen molar-refractivity contribution in [2.45, 2.75) is 6.04 Å². The molecule has 1 aromatic carbocycles. The Balaban J connectivity index is 2.29. The van der Waals surface area contributed by atoms with Gasteiger partial charge < -0.3 is 15.0 Å². The number of carboxylic acids is 1. The minimum Gasteiger partial charge on any atom is -0.548 e. The Morgan fingerprint density at radius 1 is 1.48 bits per heavy atom. The maximum atomic E-state index is 12.8. The zero-order chi connectivity index (χ0) is 15.6. The van der Waals surface area contributed by atoms with Gasteiger partial charge in [0.05, 0.1) is 17.5 Å². The van der Waals surface area contributed by atoms with Gasteiger partial charge in [0.15, 0.2) is 0 Å². The van der Waals surface area contributed by atoms with Gasteiger partial charge in [0.2, 0.25) is 0 Å². The summed E-state index contributed by atoms with van der Waals surface area (Å²) in [5.74, 6) is -2.62. The molecule has 5 nitrogen and oxygen atoms in total. The summed E-state index contributed by atoms with van der Waals surface area (Å²) >= 11 is 5.87. The Kier molecular flexibility index (Phi) is 4.71. The lowest BCUT2D eigenvalue weighted by Gasteiger charge is -2.25. The number of nitrogens with zero attached hydrogens (tertiary/aromatic N) is 1. The lowest BCUT2D eigenvalue weighted by atomic mass is 10.2. The third-order valence-corrected chi connectivity index (χ3v) is 4.08. The van der Waals surface area contributed by atoms with Crippen LogP contribution in [0.2, 0.25) is 0 Å². The van der Waals surface area contributed by atoms with Gasteiger partial charge in [-0.1, -0.05) is 36.1 Å². The number of thiocarbonyl (C=S) groups is 1. The average Bonchev–Trinajstić information content (AvgIpc) is 2.70. The Morgan fingerprint density at radius 2 is 2.10 bits per heavy atom. The molecule has 0 unspecified atom stereocenters. The molecule has 1 amide bonds. The molecule has 1 fully saturated rings.